The minimum atomic E-state index is -0.592. The quantitative estimate of drug-likeness (QED) is 0.762. The van der Waals surface area contributed by atoms with Crippen molar-refractivity contribution in [2.24, 2.45) is 11.5 Å². The van der Waals surface area contributed by atoms with Crippen molar-refractivity contribution >= 4 is 28.8 Å². The third kappa shape index (κ3) is 3.82. The van der Waals surface area contributed by atoms with Gasteiger partial charge in [0.2, 0.25) is 11.8 Å². The number of anilines is 1. The number of aryl methyl sites for hydroxylation is 1. The fourth-order valence-corrected chi connectivity index (χ4v) is 2.81. The van der Waals surface area contributed by atoms with Crippen LogP contribution in [-0.4, -0.2) is 11.8 Å². The molecule has 0 aliphatic heterocycles. The average molecular weight is 303 g/mol. The lowest BCUT2D eigenvalue weighted by Gasteiger charge is -2.08. The van der Waals surface area contributed by atoms with Crippen molar-refractivity contribution in [1.29, 1.82) is 0 Å². The second kappa shape index (κ2) is 6.41. The van der Waals surface area contributed by atoms with E-state index in [4.69, 9.17) is 11.5 Å². The van der Waals surface area contributed by atoms with Crippen LogP contribution in [0.25, 0.3) is 0 Å². The monoisotopic (exact) mass is 303 g/mol. The van der Waals surface area contributed by atoms with Gasteiger partial charge >= 0.3 is 0 Å². The SMILES string of the molecule is CCc1ccc(CNc2cc(C(N)=O)cc(C(N)=O)c2)s1. The van der Waals surface area contributed by atoms with Gasteiger partial charge in [-0.2, -0.15) is 0 Å². The van der Waals surface area contributed by atoms with Crippen molar-refractivity contribution in [2.45, 2.75) is 19.9 Å². The van der Waals surface area contributed by atoms with E-state index in [0.29, 0.717) is 12.2 Å². The molecule has 5 N–H and O–H groups in total. The smallest absolute Gasteiger partial charge is 0.248 e. The maximum Gasteiger partial charge on any atom is 0.248 e. The molecule has 1 heterocycles. The summed E-state index contributed by atoms with van der Waals surface area (Å²) in [6, 6.07) is 8.78. The molecule has 2 amide bonds. The Bertz CT molecular complexity index is 647. The zero-order valence-electron chi connectivity index (χ0n) is 11.7. The Balaban J connectivity index is 2.18. The summed E-state index contributed by atoms with van der Waals surface area (Å²) in [4.78, 5) is 25.1. The van der Waals surface area contributed by atoms with Crippen LogP contribution >= 0.6 is 11.3 Å². The Morgan fingerprint density at radius 2 is 1.62 bits per heavy atom. The topological polar surface area (TPSA) is 98.2 Å². The summed E-state index contributed by atoms with van der Waals surface area (Å²) in [5, 5.41) is 3.18. The third-order valence-corrected chi connectivity index (χ3v) is 4.26. The molecule has 110 valence electrons. The van der Waals surface area contributed by atoms with Crippen molar-refractivity contribution in [3.63, 3.8) is 0 Å². The Labute approximate surface area is 127 Å². The van der Waals surface area contributed by atoms with Gasteiger partial charge in [0, 0.05) is 33.1 Å². The van der Waals surface area contributed by atoms with Crippen LogP contribution in [0.5, 0.6) is 0 Å². The second-order valence-electron chi connectivity index (χ2n) is 4.60. The van der Waals surface area contributed by atoms with E-state index in [0.717, 1.165) is 6.42 Å². The molecule has 0 fully saturated rings. The Morgan fingerprint density at radius 3 is 2.10 bits per heavy atom. The minimum Gasteiger partial charge on any atom is -0.380 e. The number of nitrogens with two attached hydrogens (primary N) is 2. The van der Waals surface area contributed by atoms with Crippen LogP contribution in [0.3, 0.4) is 0 Å². The maximum absolute atomic E-state index is 11.3. The summed E-state index contributed by atoms with van der Waals surface area (Å²) in [6.45, 7) is 2.73. The molecular weight excluding hydrogens is 286 g/mol. The molecule has 6 heteroatoms. The number of hydrogen-bond acceptors (Lipinski definition) is 4. The average Bonchev–Trinajstić information content (AvgIpc) is 2.92. The van der Waals surface area contributed by atoms with E-state index >= 15 is 0 Å². The van der Waals surface area contributed by atoms with E-state index in [1.807, 2.05) is 0 Å². The lowest BCUT2D eigenvalue weighted by atomic mass is 10.1. The summed E-state index contributed by atoms with van der Waals surface area (Å²) in [5.41, 5.74) is 11.7. The molecule has 0 aliphatic carbocycles. The van der Waals surface area contributed by atoms with Gasteiger partial charge in [-0.25, -0.2) is 0 Å². The second-order valence-corrected chi connectivity index (χ2v) is 5.86. The fraction of sp³-hybridized carbons (Fsp3) is 0.200. The zero-order chi connectivity index (χ0) is 15.4. The molecule has 0 unspecified atom stereocenters. The molecule has 0 bridgehead atoms. The fourth-order valence-electron chi connectivity index (χ4n) is 1.91. The molecule has 0 spiro atoms. The molecule has 0 aliphatic rings. The first-order valence-electron chi connectivity index (χ1n) is 6.55. The van der Waals surface area contributed by atoms with Crippen LogP contribution in [0.2, 0.25) is 0 Å². The predicted molar refractivity (Wildman–Crippen MR) is 84.5 cm³/mol. The first-order valence-corrected chi connectivity index (χ1v) is 7.37. The minimum absolute atomic E-state index is 0.259. The van der Waals surface area contributed by atoms with Crippen LogP contribution in [0.1, 0.15) is 37.4 Å². The van der Waals surface area contributed by atoms with Gasteiger partial charge in [0.25, 0.3) is 0 Å². The molecule has 1 aromatic heterocycles. The molecule has 1 aromatic carbocycles. The van der Waals surface area contributed by atoms with Crippen LogP contribution < -0.4 is 16.8 Å². The van der Waals surface area contributed by atoms with Crippen LogP contribution in [0.4, 0.5) is 5.69 Å². The Morgan fingerprint density at radius 1 is 1.05 bits per heavy atom. The summed E-state index contributed by atoms with van der Waals surface area (Å²) >= 11 is 1.73. The van der Waals surface area contributed by atoms with Crippen molar-refractivity contribution < 1.29 is 9.59 Å². The van der Waals surface area contributed by atoms with Crippen molar-refractivity contribution in [3.8, 4) is 0 Å². The largest absolute Gasteiger partial charge is 0.380 e. The summed E-state index contributed by atoms with van der Waals surface area (Å²) < 4.78 is 0. The van der Waals surface area contributed by atoms with E-state index in [2.05, 4.69) is 24.4 Å². The van der Waals surface area contributed by atoms with E-state index in [-0.39, 0.29) is 11.1 Å². The molecule has 21 heavy (non-hydrogen) atoms. The maximum atomic E-state index is 11.3. The number of hydrogen-bond donors (Lipinski definition) is 3. The molecule has 0 atom stereocenters. The molecule has 5 nitrogen and oxygen atoms in total. The van der Waals surface area contributed by atoms with E-state index in [1.54, 1.807) is 23.5 Å². The highest BCUT2D eigenvalue weighted by molar-refractivity contribution is 7.12. The van der Waals surface area contributed by atoms with E-state index in [9.17, 15) is 9.59 Å². The molecule has 2 aromatic rings. The Hall–Kier alpha value is -2.34. The lowest BCUT2D eigenvalue weighted by molar-refractivity contribution is 0.0999. The highest BCUT2D eigenvalue weighted by atomic mass is 32.1. The van der Waals surface area contributed by atoms with Gasteiger partial charge in [-0.05, 0) is 36.8 Å². The number of rotatable bonds is 6. The number of carbonyl (C=O) groups excluding carboxylic acids is 2. The number of primary amides is 2. The summed E-state index contributed by atoms with van der Waals surface area (Å²) in [5.74, 6) is -1.18. The molecule has 0 saturated carbocycles. The molecule has 2 rings (SSSR count). The van der Waals surface area contributed by atoms with Gasteiger partial charge in [-0.3, -0.25) is 9.59 Å². The van der Waals surface area contributed by atoms with Gasteiger partial charge in [0.05, 0.1) is 0 Å². The lowest BCUT2D eigenvalue weighted by Crippen LogP contribution is -2.16. The first-order chi connectivity index (χ1) is 9.99. The molecular formula is C15H17N3O2S. The third-order valence-electron chi connectivity index (χ3n) is 3.03. The summed E-state index contributed by atoms with van der Waals surface area (Å²) in [7, 11) is 0. The van der Waals surface area contributed by atoms with Crippen molar-refractivity contribution in [2.75, 3.05) is 5.32 Å². The highest BCUT2D eigenvalue weighted by Crippen LogP contribution is 2.20. The van der Waals surface area contributed by atoms with Crippen LogP contribution in [-0.2, 0) is 13.0 Å². The number of nitrogens with one attached hydrogen (secondary N) is 1. The van der Waals surface area contributed by atoms with E-state index < -0.39 is 11.8 Å². The Kier molecular flexibility index (Phi) is 4.59. The first kappa shape index (κ1) is 15.1. The standard InChI is InChI=1S/C15H17N3O2S/c1-2-12-3-4-13(21-12)8-18-11-6-9(14(16)19)5-10(7-11)15(17)20/h3-7,18H,2,8H2,1H3,(H2,16,19)(H2,17,20). The van der Waals surface area contributed by atoms with Crippen molar-refractivity contribution in [1.82, 2.24) is 0 Å². The number of thiophene rings is 1. The zero-order valence-corrected chi connectivity index (χ0v) is 12.5. The predicted octanol–water partition coefficient (Wildman–Crippen LogP) is 2.12. The normalized spacial score (nSPS) is 10.3. The van der Waals surface area contributed by atoms with Crippen LogP contribution in [0.15, 0.2) is 30.3 Å². The van der Waals surface area contributed by atoms with Gasteiger partial charge in [-0.15, -0.1) is 11.3 Å². The van der Waals surface area contributed by atoms with Gasteiger partial charge in [0.1, 0.15) is 0 Å². The number of amides is 2. The number of carbonyl (C=O) groups is 2. The van der Waals surface area contributed by atoms with Gasteiger partial charge in [0.15, 0.2) is 0 Å². The molecule has 0 radical (unpaired) electrons. The van der Waals surface area contributed by atoms with E-state index in [1.165, 1.54) is 15.8 Å². The summed E-state index contributed by atoms with van der Waals surface area (Å²) in [6.07, 6.45) is 1.01. The number of benzene rings is 1. The van der Waals surface area contributed by atoms with Gasteiger partial charge in [-0.1, -0.05) is 6.92 Å². The van der Waals surface area contributed by atoms with Gasteiger partial charge < -0.3 is 16.8 Å². The molecule has 0 saturated heterocycles. The highest BCUT2D eigenvalue weighted by Gasteiger charge is 2.09. The van der Waals surface area contributed by atoms with Crippen molar-refractivity contribution in [3.05, 3.63) is 51.2 Å². The van der Waals surface area contributed by atoms with Crippen LogP contribution in [0, 0.1) is 0 Å².